The van der Waals surface area contributed by atoms with Crippen LogP contribution in [0, 0.1) is 11.8 Å². The van der Waals surface area contributed by atoms with Gasteiger partial charge in [-0.15, -0.1) is 0 Å². The molecule has 0 saturated heterocycles. The lowest BCUT2D eigenvalue weighted by molar-refractivity contribution is -0.140. The molecular formula is C11H16O3. The lowest BCUT2D eigenvalue weighted by atomic mass is 10.3. The molecule has 0 heterocycles. The van der Waals surface area contributed by atoms with Crippen molar-refractivity contribution >= 4 is 5.97 Å². The number of esters is 1. The summed E-state index contributed by atoms with van der Waals surface area (Å²) in [6.45, 7) is 1.98. The van der Waals surface area contributed by atoms with E-state index in [1.807, 2.05) is 6.08 Å². The van der Waals surface area contributed by atoms with Crippen molar-refractivity contribution in [1.82, 2.24) is 0 Å². The highest BCUT2D eigenvalue weighted by atomic mass is 16.5. The zero-order valence-corrected chi connectivity index (χ0v) is 8.45. The monoisotopic (exact) mass is 196 g/mol. The molecule has 0 aliphatic rings. The number of carbonyl (C=O) groups excluding carboxylic acids is 1. The summed E-state index contributed by atoms with van der Waals surface area (Å²) in [5, 5.41) is 8.46. The van der Waals surface area contributed by atoms with Gasteiger partial charge in [0.15, 0.2) is 0 Å². The Kier molecular flexibility index (Phi) is 8.92. The second-order valence-corrected chi connectivity index (χ2v) is 2.68. The van der Waals surface area contributed by atoms with Crippen molar-refractivity contribution in [1.29, 1.82) is 0 Å². The molecule has 0 amide bonds. The molecule has 1 N–H and O–H groups in total. The van der Waals surface area contributed by atoms with Gasteiger partial charge in [-0.2, -0.15) is 0 Å². The summed E-state index contributed by atoms with van der Waals surface area (Å²) >= 11 is 0. The van der Waals surface area contributed by atoms with Gasteiger partial charge in [-0.05, 0) is 12.5 Å². The third-order valence-electron chi connectivity index (χ3n) is 1.35. The lowest BCUT2D eigenvalue weighted by Crippen LogP contribution is -1.98. The van der Waals surface area contributed by atoms with E-state index in [9.17, 15) is 4.79 Å². The zero-order valence-electron chi connectivity index (χ0n) is 8.45. The molecule has 3 heteroatoms. The molecule has 0 aliphatic heterocycles. The molecule has 0 aromatic rings. The van der Waals surface area contributed by atoms with Crippen molar-refractivity contribution in [2.45, 2.75) is 26.2 Å². The molecule has 3 nitrogen and oxygen atoms in total. The van der Waals surface area contributed by atoms with E-state index < -0.39 is 0 Å². The maximum atomic E-state index is 10.4. The number of aliphatic hydroxyl groups is 1. The first kappa shape index (κ1) is 12.7. The fraction of sp³-hybridized carbons (Fsp3) is 0.545. The van der Waals surface area contributed by atoms with Crippen LogP contribution < -0.4 is 0 Å². The molecule has 78 valence electrons. The van der Waals surface area contributed by atoms with Crippen LogP contribution in [-0.2, 0) is 9.53 Å². The van der Waals surface area contributed by atoms with Crippen molar-refractivity contribution < 1.29 is 14.6 Å². The Bertz CT molecular complexity index is 233. The third kappa shape index (κ3) is 10.7. The first-order valence-corrected chi connectivity index (χ1v) is 4.65. The number of ether oxygens (including phenoxy) is 1. The Morgan fingerprint density at radius 1 is 1.57 bits per heavy atom. The lowest BCUT2D eigenvalue weighted by Gasteiger charge is -1.95. The van der Waals surface area contributed by atoms with Crippen molar-refractivity contribution in [3.8, 4) is 11.8 Å². The number of hydrogen-bond donors (Lipinski definition) is 1. The summed E-state index contributed by atoms with van der Waals surface area (Å²) in [5.74, 6) is 5.45. The number of allylic oxidation sites excluding steroid dienone is 1. The van der Waals surface area contributed by atoms with Crippen LogP contribution in [0.2, 0.25) is 0 Å². The highest BCUT2D eigenvalue weighted by molar-refractivity contribution is 5.65. The largest absolute Gasteiger partial charge is 0.466 e. The smallest absolute Gasteiger partial charge is 0.302 e. The number of rotatable bonds is 5. The van der Waals surface area contributed by atoms with E-state index in [-0.39, 0.29) is 12.6 Å². The van der Waals surface area contributed by atoms with Gasteiger partial charge >= 0.3 is 5.97 Å². The maximum Gasteiger partial charge on any atom is 0.302 e. The SMILES string of the molecule is CC(=O)OCC/C=C\C#CCCCO. The van der Waals surface area contributed by atoms with Crippen molar-refractivity contribution in [3.63, 3.8) is 0 Å². The van der Waals surface area contributed by atoms with E-state index in [2.05, 4.69) is 11.8 Å². The van der Waals surface area contributed by atoms with Gasteiger partial charge in [-0.3, -0.25) is 4.79 Å². The molecule has 0 fully saturated rings. The summed E-state index contributed by atoms with van der Waals surface area (Å²) in [6.07, 6.45) is 5.71. The first-order valence-electron chi connectivity index (χ1n) is 4.65. The van der Waals surface area contributed by atoms with Crippen molar-refractivity contribution in [2.24, 2.45) is 0 Å². The topological polar surface area (TPSA) is 46.5 Å². The van der Waals surface area contributed by atoms with Crippen LogP contribution in [0.4, 0.5) is 0 Å². The second-order valence-electron chi connectivity index (χ2n) is 2.68. The van der Waals surface area contributed by atoms with Crippen molar-refractivity contribution in [3.05, 3.63) is 12.2 Å². The standard InChI is InChI=1S/C11H16O3/c1-11(13)14-10-8-6-4-2-3-5-7-9-12/h4,6,12H,5,7-10H2,1H3/b6-4-. The molecule has 0 aromatic carbocycles. The predicted octanol–water partition coefficient (Wildman–Crippen LogP) is 1.27. The maximum absolute atomic E-state index is 10.4. The number of aliphatic hydroxyl groups excluding tert-OH is 1. The molecule has 0 rings (SSSR count). The molecule has 0 bridgehead atoms. The van der Waals surface area contributed by atoms with Gasteiger partial charge in [-0.1, -0.05) is 17.9 Å². The van der Waals surface area contributed by atoms with E-state index >= 15 is 0 Å². The summed E-state index contributed by atoms with van der Waals surface area (Å²) in [6, 6.07) is 0. The van der Waals surface area contributed by atoms with Gasteiger partial charge in [0.25, 0.3) is 0 Å². The number of carbonyl (C=O) groups is 1. The normalized spacial score (nSPS) is 9.57. The van der Waals surface area contributed by atoms with Crippen LogP contribution in [0.25, 0.3) is 0 Å². The van der Waals surface area contributed by atoms with Crippen LogP contribution >= 0.6 is 0 Å². The van der Waals surface area contributed by atoms with Crippen LogP contribution in [0.15, 0.2) is 12.2 Å². The predicted molar refractivity (Wildman–Crippen MR) is 54.5 cm³/mol. The Labute approximate surface area is 84.8 Å². The molecule has 0 atom stereocenters. The molecule has 14 heavy (non-hydrogen) atoms. The zero-order chi connectivity index (χ0) is 10.6. The highest BCUT2D eigenvalue weighted by Crippen LogP contribution is 1.86. The Morgan fingerprint density at radius 3 is 3.00 bits per heavy atom. The van der Waals surface area contributed by atoms with E-state index in [1.165, 1.54) is 6.92 Å². The van der Waals surface area contributed by atoms with Gasteiger partial charge in [0.05, 0.1) is 6.61 Å². The number of hydrogen-bond acceptors (Lipinski definition) is 3. The molecular weight excluding hydrogens is 180 g/mol. The summed E-state index contributed by atoms with van der Waals surface area (Å²) < 4.78 is 4.72. The van der Waals surface area contributed by atoms with Gasteiger partial charge in [0.1, 0.15) is 0 Å². The van der Waals surface area contributed by atoms with Crippen LogP contribution in [0.1, 0.15) is 26.2 Å². The fourth-order valence-electron chi connectivity index (χ4n) is 0.711. The Balaban J connectivity index is 3.33. The van der Waals surface area contributed by atoms with Crippen LogP contribution in [0.3, 0.4) is 0 Å². The van der Waals surface area contributed by atoms with Gasteiger partial charge in [0.2, 0.25) is 0 Å². The first-order chi connectivity index (χ1) is 6.77. The van der Waals surface area contributed by atoms with E-state index in [0.717, 1.165) is 0 Å². The molecule has 0 spiro atoms. The van der Waals surface area contributed by atoms with E-state index in [4.69, 9.17) is 9.84 Å². The summed E-state index contributed by atoms with van der Waals surface area (Å²) in [5.41, 5.74) is 0. The molecule has 0 saturated carbocycles. The molecule has 0 aromatic heterocycles. The van der Waals surface area contributed by atoms with Gasteiger partial charge < -0.3 is 9.84 Å². The molecule has 0 aliphatic carbocycles. The Hall–Kier alpha value is -1.27. The van der Waals surface area contributed by atoms with Crippen molar-refractivity contribution in [2.75, 3.05) is 13.2 Å². The van der Waals surface area contributed by atoms with Crippen LogP contribution in [0.5, 0.6) is 0 Å². The second kappa shape index (κ2) is 9.82. The van der Waals surface area contributed by atoms with Gasteiger partial charge in [-0.25, -0.2) is 0 Å². The molecule has 0 radical (unpaired) electrons. The Morgan fingerprint density at radius 2 is 2.36 bits per heavy atom. The average molecular weight is 196 g/mol. The fourth-order valence-corrected chi connectivity index (χ4v) is 0.711. The quantitative estimate of drug-likeness (QED) is 0.409. The van der Waals surface area contributed by atoms with Gasteiger partial charge in [0, 0.05) is 26.4 Å². The minimum absolute atomic E-state index is 0.185. The minimum atomic E-state index is -0.257. The number of unbranched alkanes of at least 4 members (excludes halogenated alkanes) is 1. The minimum Gasteiger partial charge on any atom is -0.466 e. The van der Waals surface area contributed by atoms with E-state index in [1.54, 1.807) is 6.08 Å². The summed E-state index contributed by atoms with van der Waals surface area (Å²) in [7, 11) is 0. The highest BCUT2D eigenvalue weighted by Gasteiger charge is 1.87. The third-order valence-corrected chi connectivity index (χ3v) is 1.35. The average Bonchev–Trinajstić information content (AvgIpc) is 2.15. The van der Waals surface area contributed by atoms with Crippen LogP contribution in [-0.4, -0.2) is 24.3 Å². The van der Waals surface area contributed by atoms with E-state index in [0.29, 0.717) is 25.9 Å². The molecule has 0 unspecified atom stereocenters. The summed E-state index contributed by atoms with van der Waals surface area (Å²) in [4.78, 5) is 10.4.